The third-order valence-corrected chi connectivity index (χ3v) is 3.74. The van der Waals surface area contributed by atoms with Gasteiger partial charge in [0.05, 0.1) is 12.1 Å². The fraction of sp³-hybridized carbons (Fsp3) is 0.278. The molecule has 28 heavy (non-hydrogen) atoms. The minimum Gasteiger partial charge on any atom is -0.489 e. The van der Waals surface area contributed by atoms with E-state index in [1.807, 2.05) is 0 Å². The summed E-state index contributed by atoms with van der Waals surface area (Å²) in [6.45, 7) is 1.34. The Morgan fingerprint density at radius 3 is 2.50 bits per heavy atom. The summed E-state index contributed by atoms with van der Waals surface area (Å²) in [4.78, 5) is 28.7. The van der Waals surface area contributed by atoms with Crippen LogP contribution in [-0.4, -0.2) is 29.9 Å². The lowest BCUT2D eigenvalue weighted by Gasteiger charge is -2.22. The molecular weight excluding hydrogens is 382 g/mol. The van der Waals surface area contributed by atoms with E-state index in [9.17, 15) is 27.2 Å². The van der Waals surface area contributed by atoms with Crippen molar-refractivity contribution in [1.82, 2.24) is 4.98 Å². The molecule has 0 bridgehead atoms. The SMILES string of the molecule is CCC(=O)N(CCOc1ccc(C(F)(F)F)cc1F)c1cc(C(N)=O)ccn1. The lowest BCUT2D eigenvalue weighted by Crippen LogP contribution is -2.35. The number of hydrogen-bond donors (Lipinski definition) is 1. The minimum absolute atomic E-state index is 0.0671. The number of carbonyl (C=O) groups is 2. The van der Waals surface area contributed by atoms with Crippen LogP contribution in [0.1, 0.15) is 29.3 Å². The van der Waals surface area contributed by atoms with Crippen LogP contribution in [0.4, 0.5) is 23.4 Å². The number of primary amides is 1. The standard InChI is InChI=1S/C18H17F4N3O3/c1-2-16(26)25(15-9-11(17(23)27)5-6-24-15)7-8-28-14-4-3-12(10-13(14)19)18(20,21)22/h3-6,9-10H,2,7-8H2,1H3,(H2,23,27). The summed E-state index contributed by atoms with van der Waals surface area (Å²) in [6, 6.07) is 4.62. The zero-order valence-corrected chi connectivity index (χ0v) is 14.8. The Labute approximate surface area is 157 Å². The molecule has 1 aromatic carbocycles. The van der Waals surface area contributed by atoms with Gasteiger partial charge in [0.15, 0.2) is 11.6 Å². The lowest BCUT2D eigenvalue weighted by molar-refractivity contribution is -0.137. The van der Waals surface area contributed by atoms with Crippen LogP contribution in [0.3, 0.4) is 0 Å². The second-order valence-electron chi connectivity index (χ2n) is 5.66. The van der Waals surface area contributed by atoms with Crippen molar-refractivity contribution in [1.29, 1.82) is 0 Å². The number of nitrogens with zero attached hydrogens (tertiary/aromatic N) is 2. The third kappa shape index (κ3) is 5.18. The van der Waals surface area contributed by atoms with E-state index in [-0.39, 0.29) is 42.6 Å². The van der Waals surface area contributed by atoms with Crippen molar-refractivity contribution in [3.05, 3.63) is 53.5 Å². The van der Waals surface area contributed by atoms with Crippen LogP contribution in [-0.2, 0) is 11.0 Å². The topological polar surface area (TPSA) is 85.5 Å². The van der Waals surface area contributed by atoms with Crippen LogP contribution in [0.5, 0.6) is 5.75 Å². The summed E-state index contributed by atoms with van der Waals surface area (Å²) in [7, 11) is 0. The van der Waals surface area contributed by atoms with Crippen LogP contribution in [0.25, 0.3) is 0 Å². The number of alkyl halides is 3. The van der Waals surface area contributed by atoms with Crippen molar-refractivity contribution in [3.63, 3.8) is 0 Å². The molecule has 0 aliphatic heterocycles. The van der Waals surface area contributed by atoms with Crippen molar-refractivity contribution in [2.75, 3.05) is 18.1 Å². The molecule has 2 aromatic rings. The predicted octanol–water partition coefficient (Wildman–Crippen LogP) is 3.16. The van der Waals surface area contributed by atoms with E-state index >= 15 is 0 Å². The number of anilines is 1. The molecule has 2 amide bonds. The molecule has 0 unspecified atom stereocenters. The van der Waals surface area contributed by atoms with Crippen LogP contribution in [0.15, 0.2) is 36.5 Å². The molecule has 0 aliphatic carbocycles. The van der Waals surface area contributed by atoms with Gasteiger partial charge in [-0.2, -0.15) is 13.2 Å². The van der Waals surface area contributed by atoms with Crippen LogP contribution in [0.2, 0.25) is 0 Å². The molecule has 0 saturated heterocycles. The molecule has 2 N–H and O–H groups in total. The van der Waals surface area contributed by atoms with Crippen molar-refractivity contribution in [2.45, 2.75) is 19.5 Å². The van der Waals surface area contributed by atoms with Crippen molar-refractivity contribution < 1.29 is 31.9 Å². The molecular formula is C18H17F4N3O3. The molecule has 10 heteroatoms. The summed E-state index contributed by atoms with van der Waals surface area (Å²) in [5.41, 5.74) is 4.23. The van der Waals surface area contributed by atoms with Gasteiger partial charge in [-0.3, -0.25) is 14.5 Å². The molecule has 0 atom stereocenters. The Bertz CT molecular complexity index is 871. The second-order valence-corrected chi connectivity index (χ2v) is 5.66. The molecule has 0 aliphatic rings. The van der Waals surface area contributed by atoms with E-state index in [0.29, 0.717) is 12.1 Å². The molecule has 0 radical (unpaired) electrons. The molecule has 150 valence electrons. The van der Waals surface area contributed by atoms with E-state index < -0.39 is 23.5 Å². The zero-order valence-electron chi connectivity index (χ0n) is 14.8. The van der Waals surface area contributed by atoms with Gasteiger partial charge in [-0.1, -0.05) is 6.92 Å². The highest BCUT2D eigenvalue weighted by Crippen LogP contribution is 2.31. The van der Waals surface area contributed by atoms with E-state index in [2.05, 4.69) is 4.98 Å². The number of amides is 2. The first-order chi connectivity index (χ1) is 13.1. The second kappa shape index (κ2) is 8.68. The summed E-state index contributed by atoms with van der Waals surface area (Å²) in [6.07, 6.45) is -3.24. The summed E-state index contributed by atoms with van der Waals surface area (Å²) in [5, 5.41) is 0. The third-order valence-electron chi connectivity index (χ3n) is 3.74. The van der Waals surface area contributed by atoms with Gasteiger partial charge in [-0.15, -0.1) is 0 Å². The lowest BCUT2D eigenvalue weighted by atomic mass is 10.2. The molecule has 1 heterocycles. The maximum absolute atomic E-state index is 13.8. The highest BCUT2D eigenvalue weighted by atomic mass is 19.4. The molecule has 1 aromatic heterocycles. The highest BCUT2D eigenvalue weighted by Gasteiger charge is 2.31. The number of benzene rings is 1. The van der Waals surface area contributed by atoms with E-state index in [1.165, 1.54) is 23.2 Å². The Morgan fingerprint density at radius 1 is 1.21 bits per heavy atom. The average molecular weight is 399 g/mol. The molecule has 0 saturated carbocycles. The van der Waals surface area contributed by atoms with E-state index in [4.69, 9.17) is 10.5 Å². The first-order valence-electron chi connectivity index (χ1n) is 8.19. The Balaban J connectivity index is 2.12. The van der Waals surface area contributed by atoms with Gasteiger partial charge in [0, 0.05) is 18.2 Å². The van der Waals surface area contributed by atoms with Crippen LogP contribution in [0, 0.1) is 5.82 Å². The Morgan fingerprint density at radius 2 is 1.93 bits per heavy atom. The number of rotatable bonds is 7. The maximum atomic E-state index is 13.8. The van der Waals surface area contributed by atoms with Crippen molar-refractivity contribution in [2.24, 2.45) is 5.73 Å². The number of hydrogen-bond acceptors (Lipinski definition) is 4. The first-order valence-corrected chi connectivity index (χ1v) is 8.19. The van der Waals surface area contributed by atoms with Gasteiger partial charge < -0.3 is 10.5 Å². The Kier molecular flexibility index (Phi) is 6.55. The summed E-state index contributed by atoms with van der Waals surface area (Å²) in [5.74, 6) is -2.44. The minimum atomic E-state index is -4.67. The van der Waals surface area contributed by atoms with Crippen molar-refractivity contribution in [3.8, 4) is 5.75 Å². The average Bonchev–Trinajstić information content (AvgIpc) is 2.65. The monoisotopic (exact) mass is 399 g/mol. The highest BCUT2D eigenvalue weighted by molar-refractivity contribution is 5.96. The van der Waals surface area contributed by atoms with Gasteiger partial charge in [0.2, 0.25) is 11.8 Å². The quantitative estimate of drug-likeness (QED) is 0.725. The number of halogens is 4. The van der Waals surface area contributed by atoms with Crippen LogP contribution < -0.4 is 15.4 Å². The number of carbonyl (C=O) groups excluding carboxylic acids is 2. The number of ether oxygens (including phenoxy) is 1. The van der Waals surface area contributed by atoms with Gasteiger partial charge in [0.1, 0.15) is 12.4 Å². The van der Waals surface area contributed by atoms with Crippen LogP contribution >= 0.6 is 0 Å². The van der Waals surface area contributed by atoms with Gasteiger partial charge in [0.25, 0.3) is 0 Å². The molecule has 0 spiro atoms. The summed E-state index contributed by atoms with van der Waals surface area (Å²) < 4.78 is 56.7. The fourth-order valence-electron chi connectivity index (χ4n) is 2.32. The van der Waals surface area contributed by atoms with Crippen molar-refractivity contribution >= 4 is 17.6 Å². The fourth-order valence-corrected chi connectivity index (χ4v) is 2.32. The van der Waals surface area contributed by atoms with Gasteiger partial charge >= 0.3 is 6.18 Å². The summed E-state index contributed by atoms with van der Waals surface area (Å²) >= 11 is 0. The zero-order chi connectivity index (χ0) is 20.9. The smallest absolute Gasteiger partial charge is 0.416 e. The molecule has 6 nitrogen and oxygen atoms in total. The molecule has 0 fully saturated rings. The predicted molar refractivity (Wildman–Crippen MR) is 92.3 cm³/mol. The van der Waals surface area contributed by atoms with E-state index in [0.717, 1.165) is 6.07 Å². The first kappa shape index (κ1) is 21.1. The number of aromatic nitrogens is 1. The maximum Gasteiger partial charge on any atom is 0.416 e. The largest absolute Gasteiger partial charge is 0.489 e. The number of nitrogens with two attached hydrogens (primary N) is 1. The Hall–Kier alpha value is -3.17. The number of pyridine rings is 1. The van der Waals surface area contributed by atoms with Gasteiger partial charge in [-0.05, 0) is 30.3 Å². The van der Waals surface area contributed by atoms with E-state index in [1.54, 1.807) is 6.92 Å². The molecule has 2 rings (SSSR count). The normalized spacial score (nSPS) is 11.2. The van der Waals surface area contributed by atoms with Gasteiger partial charge in [-0.25, -0.2) is 9.37 Å².